The van der Waals surface area contributed by atoms with Crippen LogP contribution < -0.4 is 5.73 Å². The first kappa shape index (κ1) is 28.9. The number of carboxylic acid groups (broad SMARTS) is 1. The van der Waals surface area contributed by atoms with E-state index in [-0.39, 0.29) is 31.8 Å². The third-order valence-corrected chi connectivity index (χ3v) is 5.98. The van der Waals surface area contributed by atoms with Crippen molar-refractivity contribution in [3.05, 3.63) is 24.3 Å². The molecule has 0 aromatic carbocycles. The van der Waals surface area contributed by atoms with Gasteiger partial charge in [-0.1, -0.05) is 52.0 Å². The number of carbonyl (C=O) groups is 1. The molecule has 10 nitrogen and oxygen atoms in total. The van der Waals surface area contributed by atoms with Gasteiger partial charge in [-0.3, -0.25) is 4.79 Å². The van der Waals surface area contributed by atoms with Crippen molar-refractivity contribution in [1.29, 1.82) is 0 Å². The first-order chi connectivity index (χ1) is 15.8. The third-order valence-electron chi connectivity index (χ3n) is 5.98. The third kappa shape index (κ3) is 8.10. The Morgan fingerprint density at radius 1 is 1.15 bits per heavy atom. The fourth-order valence-corrected chi connectivity index (χ4v) is 4.38. The summed E-state index contributed by atoms with van der Waals surface area (Å²) in [6.07, 6.45) is 0.423. The zero-order valence-corrected chi connectivity index (χ0v) is 20.4. The topological polar surface area (TPSA) is 172 Å². The monoisotopic (exact) mass is 487 g/mol. The normalized spacial score (nSPS) is 38.3. The Bertz CT molecular complexity index is 713. The number of aliphatic carboxylic acids is 1. The Morgan fingerprint density at radius 3 is 2.38 bits per heavy atom. The van der Waals surface area contributed by atoms with E-state index in [4.69, 9.17) is 19.9 Å². The minimum absolute atomic E-state index is 0.0369. The predicted octanol–water partition coefficient (Wildman–Crippen LogP) is 0.521. The van der Waals surface area contributed by atoms with Crippen LogP contribution in [0.2, 0.25) is 0 Å². The van der Waals surface area contributed by atoms with E-state index in [0.29, 0.717) is 5.92 Å². The molecule has 0 bridgehead atoms. The molecular formula is C24H41NO9. The highest BCUT2D eigenvalue weighted by Crippen LogP contribution is 2.38. The second-order valence-corrected chi connectivity index (χ2v) is 10.1. The van der Waals surface area contributed by atoms with E-state index in [9.17, 15) is 30.3 Å². The van der Waals surface area contributed by atoms with Crippen LogP contribution in [0.1, 0.15) is 47.0 Å². The van der Waals surface area contributed by atoms with Crippen molar-refractivity contribution < 1.29 is 44.5 Å². The quantitative estimate of drug-likeness (QED) is 0.239. The lowest BCUT2D eigenvalue weighted by Crippen LogP contribution is -2.59. The molecule has 2 fully saturated rings. The van der Waals surface area contributed by atoms with Crippen molar-refractivity contribution in [1.82, 2.24) is 0 Å². The van der Waals surface area contributed by atoms with E-state index in [1.165, 1.54) is 0 Å². The molecule has 34 heavy (non-hydrogen) atoms. The van der Waals surface area contributed by atoms with Gasteiger partial charge in [-0.05, 0) is 11.8 Å². The van der Waals surface area contributed by atoms with Gasteiger partial charge in [0.15, 0.2) is 12.1 Å². The van der Waals surface area contributed by atoms with Gasteiger partial charge in [0.05, 0.1) is 37.1 Å². The van der Waals surface area contributed by atoms with Crippen LogP contribution in [0, 0.1) is 17.8 Å². The molecule has 0 aromatic heterocycles. The molecule has 2 heterocycles. The van der Waals surface area contributed by atoms with Crippen molar-refractivity contribution in [3.8, 4) is 0 Å². The Balaban J connectivity index is 2.27. The van der Waals surface area contributed by atoms with Gasteiger partial charge in [0.1, 0.15) is 12.0 Å². The van der Waals surface area contributed by atoms with Gasteiger partial charge in [-0.15, -0.1) is 0 Å². The smallest absolute Gasteiger partial charge is 0.311 e. The van der Waals surface area contributed by atoms with E-state index in [2.05, 4.69) is 0 Å². The first-order valence-corrected chi connectivity index (χ1v) is 11.9. The summed E-state index contributed by atoms with van der Waals surface area (Å²) < 4.78 is 17.2. The van der Waals surface area contributed by atoms with Crippen molar-refractivity contribution >= 4 is 5.97 Å². The van der Waals surface area contributed by atoms with Gasteiger partial charge >= 0.3 is 5.97 Å². The highest BCUT2D eigenvalue weighted by Gasteiger charge is 2.50. The van der Waals surface area contributed by atoms with E-state index in [1.807, 2.05) is 39.8 Å². The number of carboxylic acids is 1. The van der Waals surface area contributed by atoms with Crippen molar-refractivity contribution in [3.63, 3.8) is 0 Å². The molecule has 0 saturated carbocycles. The summed E-state index contributed by atoms with van der Waals surface area (Å²) >= 11 is 0. The lowest BCUT2D eigenvalue weighted by Gasteiger charge is -2.44. The summed E-state index contributed by atoms with van der Waals surface area (Å²) in [6, 6.07) is -0.972. The van der Waals surface area contributed by atoms with Crippen LogP contribution in [0.15, 0.2) is 24.3 Å². The van der Waals surface area contributed by atoms with E-state index >= 15 is 0 Å². The summed E-state index contributed by atoms with van der Waals surface area (Å²) in [4.78, 5) is 11.9. The summed E-state index contributed by atoms with van der Waals surface area (Å²) in [6.45, 7) is 7.68. The molecule has 9 atom stereocenters. The van der Waals surface area contributed by atoms with Crippen LogP contribution in [0.5, 0.6) is 0 Å². The average Bonchev–Trinajstić information content (AvgIpc) is 2.69. The molecule has 0 aromatic rings. The molecule has 7 N–H and O–H groups in total. The Labute approximate surface area is 201 Å². The summed E-state index contributed by atoms with van der Waals surface area (Å²) in [5, 5.41) is 51.5. The molecule has 196 valence electrons. The molecule has 2 aliphatic rings. The second-order valence-electron chi connectivity index (χ2n) is 10.1. The molecule has 0 radical (unpaired) electrons. The molecule has 0 spiro atoms. The first-order valence-electron chi connectivity index (χ1n) is 11.9. The van der Waals surface area contributed by atoms with Crippen LogP contribution in [-0.2, 0) is 19.0 Å². The van der Waals surface area contributed by atoms with Crippen LogP contribution in [0.3, 0.4) is 0 Å². The Hall–Kier alpha value is -1.37. The van der Waals surface area contributed by atoms with Gasteiger partial charge in [0, 0.05) is 19.3 Å². The number of hydrogen-bond acceptors (Lipinski definition) is 9. The van der Waals surface area contributed by atoms with Crippen LogP contribution in [-0.4, -0.2) is 86.7 Å². The minimum atomic E-state index is -1.68. The van der Waals surface area contributed by atoms with Crippen LogP contribution in [0.4, 0.5) is 0 Å². The van der Waals surface area contributed by atoms with Gasteiger partial charge in [0.25, 0.3) is 0 Å². The molecule has 3 unspecified atom stereocenters. The Morgan fingerprint density at radius 2 is 1.79 bits per heavy atom. The second kappa shape index (κ2) is 12.5. The van der Waals surface area contributed by atoms with E-state index in [0.717, 1.165) is 0 Å². The summed E-state index contributed by atoms with van der Waals surface area (Å²) in [5.74, 6) is -3.84. The van der Waals surface area contributed by atoms with Gasteiger partial charge in [0.2, 0.25) is 0 Å². The fraction of sp³-hybridized carbons (Fsp3) is 0.792. The highest BCUT2D eigenvalue weighted by molar-refractivity contribution is 5.71. The summed E-state index contributed by atoms with van der Waals surface area (Å²) in [5.41, 5.74) is 5.83. The number of nitrogens with two attached hydrogens (primary N) is 1. The van der Waals surface area contributed by atoms with E-state index in [1.54, 1.807) is 12.2 Å². The molecule has 0 aliphatic carbocycles. The standard InChI is InChI=1S/C24H41NO9/c1-13(2)7-5-6-8-15(33-23-21(28)20(25)17(27)12-32-23)9-18-19(22(29)30)16(26)11-24(31,34-18)10-14(3)4/h5-8,13-21,23,26-28,31H,9-12,25H2,1-4H3,(H,29,30)/b7-5+,8-6+/t15?,16-,17+,18-,19+,20-,21-,23?,24?/m0/s1. The maximum Gasteiger partial charge on any atom is 0.311 e. The molecule has 2 saturated heterocycles. The van der Waals surface area contributed by atoms with Crippen molar-refractivity contribution in [2.75, 3.05) is 6.61 Å². The van der Waals surface area contributed by atoms with Crippen molar-refractivity contribution in [2.24, 2.45) is 23.5 Å². The average molecular weight is 488 g/mol. The largest absolute Gasteiger partial charge is 0.481 e. The number of aliphatic hydroxyl groups excluding tert-OH is 3. The predicted molar refractivity (Wildman–Crippen MR) is 123 cm³/mol. The number of hydrogen-bond donors (Lipinski definition) is 6. The minimum Gasteiger partial charge on any atom is -0.481 e. The number of rotatable bonds is 10. The maximum atomic E-state index is 11.9. The van der Waals surface area contributed by atoms with Crippen LogP contribution in [0.25, 0.3) is 0 Å². The zero-order chi connectivity index (χ0) is 25.6. The lowest BCUT2D eigenvalue weighted by atomic mass is 9.82. The fourth-order valence-electron chi connectivity index (χ4n) is 4.38. The van der Waals surface area contributed by atoms with Gasteiger partial charge in [-0.25, -0.2) is 0 Å². The Kier molecular flexibility index (Phi) is 10.7. The van der Waals surface area contributed by atoms with Crippen molar-refractivity contribution in [2.45, 2.75) is 95.6 Å². The molecule has 0 amide bonds. The SMILES string of the molecule is CC(C)/C=C/C=C/C(C[C@@H]1OC(O)(CC(C)C)C[C@H](O)[C@H]1C(=O)O)OC1OC[C@@H](O)[C@H](N)[C@@H]1O. The number of allylic oxidation sites excluding steroid dienone is 3. The molecule has 10 heteroatoms. The zero-order valence-electron chi connectivity index (χ0n) is 20.4. The number of aliphatic hydroxyl groups is 4. The summed E-state index contributed by atoms with van der Waals surface area (Å²) in [7, 11) is 0. The molecule has 2 aliphatic heterocycles. The lowest BCUT2D eigenvalue weighted by molar-refractivity contribution is -0.302. The van der Waals surface area contributed by atoms with E-state index < -0.39 is 60.5 Å². The molecule has 2 rings (SSSR count). The van der Waals surface area contributed by atoms with Gasteiger partial charge < -0.3 is 45.5 Å². The highest BCUT2D eigenvalue weighted by atomic mass is 16.7. The molecular weight excluding hydrogens is 446 g/mol. The number of ether oxygens (including phenoxy) is 3. The maximum absolute atomic E-state index is 11.9. The van der Waals surface area contributed by atoms with Gasteiger partial charge in [-0.2, -0.15) is 0 Å². The van der Waals surface area contributed by atoms with Crippen LogP contribution >= 0.6 is 0 Å².